The summed E-state index contributed by atoms with van der Waals surface area (Å²) in [5.41, 5.74) is 1.24. The van der Waals surface area contributed by atoms with E-state index in [2.05, 4.69) is 5.32 Å². The third-order valence-corrected chi connectivity index (χ3v) is 3.31. The molecule has 2 aromatic rings. The standard InChI is InChI=1S/C18H18N2O5/c1-24-16-10-9-15(17(12-16)20(22)23)8-5-11-19-18(21)25-13-14-6-3-2-4-7-14/h2-10,12H,11,13H2,1H3,(H,19,21). The van der Waals surface area contributed by atoms with Crippen LogP contribution >= 0.6 is 0 Å². The molecule has 0 saturated heterocycles. The molecule has 1 amide bonds. The van der Waals surface area contributed by atoms with Crippen LogP contribution in [0.4, 0.5) is 10.5 Å². The van der Waals surface area contributed by atoms with Crippen LogP contribution in [0.5, 0.6) is 5.75 Å². The molecule has 2 rings (SSSR count). The van der Waals surface area contributed by atoms with Crippen LogP contribution in [-0.4, -0.2) is 24.7 Å². The molecular formula is C18H18N2O5. The summed E-state index contributed by atoms with van der Waals surface area (Å²) in [5, 5.41) is 13.6. The van der Waals surface area contributed by atoms with Gasteiger partial charge in [0.05, 0.1) is 23.7 Å². The van der Waals surface area contributed by atoms with Crippen molar-refractivity contribution in [2.24, 2.45) is 0 Å². The van der Waals surface area contributed by atoms with Gasteiger partial charge in [0.25, 0.3) is 5.69 Å². The van der Waals surface area contributed by atoms with Crippen molar-refractivity contribution in [1.82, 2.24) is 5.32 Å². The Labute approximate surface area is 145 Å². The molecule has 2 aromatic carbocycles. The molecule has 7 nitrogen and oxygen atoms in total. The fourth-order valence-corrected chi connectivity index (χ4v) is 2.05. The second-order valence-corrected chi connectivity index (χ2v) is 5.03. The number of hydrogen-bond donors (Lipinski definition) is 1. The highest BCUT2D eigenvalue weighted by Gasteiger charge is 2.12. The molecule has 130 valence electrons. The molecule has 0 aliphatic heterocycles. The number of amides is 1. The average Bonchev–Trinajstić information content (AvgIpc) is 2.64. The summed E-state index contributed by atoms with van der Waals surface area (Å²) in [6, 6.07) is 13.9. The lowest BCUT2D eigenvalue weighted by molar-refractivity contribution is -0.385. The number of alkyl carbamates (subject to hydrolysis) is 1. The van der Waals surface area contributed by atoms with Crippen molar-refractivity contribution < 1.29 is 19.2 Å². The molecule has 0 fully saturated rings. The largest absolute Gasteiger partial charge is 0.497 e. The first kappa shape index (κ1) is 18.0. The zero-order chi connectivity index (χ0) is 18.1. The fraction of sp³-hybridized carbons (Fsp3) is 0.167. The number of carbonyl (C=O) groups excluding carboxylic acids is 1. The van der Waals surface area contributed by atoms with E-state index in [1.165, 1.54) is 13.2 Å². The fourth-order valence-electron chi connectivity index (χ4n) is 2.05. The number of nitrogens with one attached hydrogen (secondary N) is 1. The van der Waals surface area contributed by atoms with Crippen molar-refractivity contribution in [2.45, 2.75) is 6.61 Å². The number of nitro groups is 1. The lowest BCUT2D eigenvalue weighted by Gasteiger charge is -2.05. The maximum Gasteiger partial charge on any atom is 0.407 e. The van der Waals surface area contributed by atoms with Crippen LogP contribution < -0.4 is 10.1 Å². The van der Waals surface area contributed by atoms with E-state index in [9.17, 15) is 14.9 Å². The van der Waals surface area contributed by atoms with E-state index >= 15 is 0 Å². The SMILES string of the molecule is COc1ccc(C=CCNC(=O)OCc2ccccc2)c([N+](=O)[O-])c1. The Morgan fingerprint density at radius 2 is 2.00 bits per heavy atom. The van der Waals surface area contributed by atoms with Gasteiger partial charge in [-0.2, -0.15) is 0 Å². The van der Waals surface area contributed by atoms with E-state index in [1.807, 2.05) is 30.3 Å². The van der Waals surface area contributed by atoms with Crippen molar-refractivity contribution in [3.8, 4) is 5.75 Å². The van der Waals surface area contributed by atoms with E-state index < -0.39 is 11.0 Å². The van der Waals surface area contributed by atoms with Gasteiger partial charge < -0.3 is 14.8 Å². The van der Waals surface area contributed by atoms with Crippen LogP contribution in [0.15, 0.2) is 54.6 Å². The summed E-state index contributed by atoms with van der Waals surface area (Å²) in [7, 11) is 1.44. The Balaban J connectivity index is 1.84. The summed E-state index contributed by atoms with van der Waals surface area (Å²) in [5.74, 6) is 0.409. The topological polar surface area (TPSA) is 90.7 Å². The number of carbonyl (C=O) groups is 1. The summed E-state index contributed by atoms with van der Waals surface area (Å²) in [6.07, 6.45) is 2.62. The zero-order valence-electron chi connectivity index (χ0n) is 13.7. The Kier molecular flexibility index (Phi) is 6.53. The summed E-state index contributed by atoms with van der Waals surface area (Å²) in [6.45, 7) is 0.372. The van der Waals surface area contributed by atoms with E-state index in [4.69, 9.17) is 9.47 Å². The molecule has 0 aliphatic rings. The zero-order valence-corrected chi connectivity index (χ0v) is 13.7. The van der Waals surface area contributed by atoms with Gasteiger partial charge in [0, 0.05) is 6.54 Å². The van der Waals surface area contributed by atoms with Crippen molar-refractivity contribution >= 4 is 17.9 Å². The number of nitrogens with zero attached hydrogens (tertiary/aromatic N) is 1. The van der Waals surface area contributed by atoms with Gasteiger partial charge in [0.15, 0.2) is 0 Å². The van der Waals surface area contributed by atoms with Gasteiger partial charge >= 0.3 is 6.09 Å². The number of nitro benzene ring substituents is 1. The van der Waals surface area contributed by atoms with Gasteiger partial charge in [-0.15, -0.1) is 0 Å². The van der Waals surface area contributed by atoms with Crippen LogP contribution in [0.3, 0.4) is 0 Å². The number of methoxy groups -OCH3 is 1. The number of benzene rings is 2. The minimum Gasteiger partial charge on any atom is -0.497 e. The molecule has 0 atom stereocenters. The van der Waals surface area contributed by atoms with Gasteiger partial charge in [-0.1, -0.05) is 42.5 Å². The predicted octanol–water partition coefficient (Wildman–Crippen LogP) is 3.54. The number of rotatable bonds is 7. The Bertz CT molecular complexity index is 759. The molecule has 0 aliphatic carbocycles. The average molecular weight is 342 g/mol. The Hall–Kier alpha value is -3.35. The lowest BCUT2D eigenvalue weighted by Crippen LogP contribution is -2.24. The molecule has 0 radical (unpaired) electrons. The molecule has 25 heavy (non-hydrogen) atoms. The molecule has 1 N–H and O–H groups in total. The highest BCUT2D eigenvalue weighted by atomic mass is 16.6. The Morgan fingerprint density at radius 3 is 2.68 bits per heavy atom. The second kappa shape index (κ2) is 9.07. The molecule has 7 heteroatoms. The van der Waals surface area contributed by atoms with Crippen LogP contribution in [0.1, 0.15) is 11.1 Å². The van der Waals surface area contributed by atoms with E-state index in [0.29, 0.717) is 11.3 Å². The second-order valence-electron chi connectivity index (χ2n) is 5.03. The molecule has 0 heterocycles. The smallest absolute Gasteiger partial charge is 0.407 e. The number of hydrogen-bond acceptors (Lipinski definition) is 5. The van der Waals surface area contributed by atoms with Crippen molar-refractivity contribution in [1.29, 1.82) is 0 Å². The quantitative estimate of drug-likeness (QED) is 0.614. The van der Waals surface area contributed by atoms with Crippen molar-refractivity contribution in [3.05, 3.63) is 75.8 Å². The maximum atomic E-state index is 11.6. The van der Waals surface area contributed by atoms with Crippen LogP contribution in [0.25, 0.3) is 6.08 Å². The third-order valence-electron chi connectivity index (χ3n) is 3.31. The summed E-state index contributed by atoms with van der Waals surface area (Å²) < 4.78 is 10.0. The predicted molar refractivity (Wildman–Crippen MR) is 93.3 cm³/mol. The highest BCUT2D eigenvalue weighted by molar-refractivity contribution is 5.68. The maximum absolute atomic E-state index is 11.6. The van der Waals surface area contributed by atoms with Crippen LogP contribution in [0.2, 0.25) is 0 Å². The van der Waals surface area contributed by atoms with Crippen LogP contribution in [-0.2, 0) is 11.3 Å². The lowest BCUT2D eigenvalue weighted by atomic mass is 10.1. The van der Waals surface area contributed by atoms with Crippen molar-refractivity contribution in [2.75, 3.05) is 13.7 Å². The molecule has 0 bridgehead atoms. The van der Waals surface area contributed by atoms with E-state index in [1.54, 1.807) is 24.3 Å². The molecule has 0 spiro atoms. The van der Waals surface area contributed by atoms with Crippen molar-refractivity contribution in [3.63, 3.8) is 0 Å². The van der Waals surface area contributed by atoms with Gasteiger partial charge in [-0.3, -0.25) is 10.1 Å². The minimum absolute atomic E-state index is 0.0674. The first-order valence-electron chi connectivity index (χ1n) is 7.53. The molecule has 0 unspecified atom stereocenters. The third kappa shape index (κ3) is 5.65. The van der Waals surface area contributed by atoms with Gasteiger partial charge in [0.1, 0.15) is 12.4 Å². The first-order valence-corrected chi connectivity index (χ1v) is 7.53. The first-order chi connectivity index (χ1) is 12.1. The van der Waals surface area contributed by atoms with E-state index in [0.717, 1.165) is 5.56 Å². The monoisotopic (exact) mass is 342 g/mol. The van der Waals surface area contributed by atoms with Gasteiger partial charge in [-0.05, 0) is 17.7 Å². The normalized spacial score (nSPS) is 10.4. The Morgan fingerprint density at radius 1 is 1.24 bits per heavy atom. The summed E-state index contributed by atoms with van der Waals surface area (Å²) in [4.78, 5) is 22.2. The van der Waals surface area contributed by atoms with E-state index in [-0.39, 0.29) is 18.8 Å². The van der Waals surface area contributed by atoms with Gasteiger partial charge in [0.2, 0.25) is 0 Å². The minimum atomic E-state index is -0.558. The van der Waals surface area contributed by atoms with Gasteiger partial charge in [-0.25, -0.2) is 4.79 Å². The summed E-state index contributed by atoms with van der Waals surface area (Å²) >= 11 is 0. The molecule has 0 saturated carbocycles. The molecule has 0 aromatic heterocycles. The highest BCUT2D eigenvalue weighted by Crippen LogP contribution is 2.25. The molecular weight excluding hydrogens is 324 g/mol. The number of ether oxygens (including phenoxy) is 2. The van der Waals surface area contributed by atoms with Crippen LogP contribution in [0, 0.1) is 10.1 Å².